The van der Waals surface area contributed by atoms with E-state index in [2.05, 4.69) is 0 Å². The highest BCUT2D eigenvalue weighted by Gasteiger charge is 2.50. The molecule has 0 aromatic carbocycles. The standard InChI is InChI=1S/C8H12O6/c9-2-4-6(11)7(12)8-3(13-4)1-5(10)14-8/h3-4,6-9,11-12H,1-2H2/t3-,4+,6+,7+,8+/m0/s1. The van der Waals surface area contributed by atoms with Crippen LogP contribution in [0.1, 0.15) is 6.42 Å². The van der Waals surface area contributed by atoms with Crippen molar-refractivity contribution in [3.05, 3.63) is 0 Å². The Kier molecular flexibility index (Phi) is 2.44. The van der Waals surface area contributed by atoms with Crippen molar-refractivity contribution in [2.45, 2.75) is 36.9 Å². The number of rotatable bonds is 1. The van der Waals surface area contributed by atoms with E-state index in [4.69, 9.17) is 14.6 Å². The van der Waals surface area contributed by atoms with E-state index in [1.165, 1.54) is 0 Å². The Labute approximate surface area is 80.1 Å². The van der Waals surface area contributed by atoms with Crippen LogP contribution in [-0.2, 0) is 14.3 Å². The molecule has 0 spiro atoms. The van der Waals surface area contributed by atoms with Crippen LogP contribution < -0.4 is 0 Å². The first kappa shape index (κ1) is 9.85. The van der Waals surface area contributed by atoms with Gasteiger partial charge < -0.3 is 24.8 Å². The summed E-state index contributed by atoms with van der Waals surface area (Å²) >= 11 is 0. The van der Waals surface area contributed by atoms with Gasteiger partial charge in [-0.3, -0.25) is 4.79 Å². The summed E-state index contributed by atoms with van der Waals surface area (Å²) in [4.78, 5) is 10.9. The molecule has 5 atom stereocenters. The third-order valence-electron chi connectivity index (χ3n) is 2.60. The van der Waals surface area contributed by atoms with E-state index in [0.29, 0.717) is 0 Å². The van der Waals surface area contributed by atoms with Crippen LogP contribution >= 0.6 is 0 Å². The van der Waals surface area contributed by atoms with E-state index in [1.54, 1.807) is 0 Å². The molecule has 2 heterocycles. The van der Waals surface area contributed by atoms with Gasteiger partial charge in [0.05, 0.1) is 13.0 Å². The zero-order chi connectivity index (χ0) is 10.3. The van der Waals surface area contributed by atoms with Crippen LogP contribution in [0.3, 0.4) is 0 Å². The molecule has 2 fully saturated rings. The lowest BCUT2D eigenvalue weighted by atomic mass is 9.95. The molecule has 6 nitrogen and oxygen atoms in total. The SMILES string of the molecule is O=C1C[C@@H]2O[C@H](CO)[C@@H](O)[C@@H](O)[C@@H]2O1. The summed E-state index contributed by atoms with van der Waals surface area (Å²) in [5.74, 6) is -0.454. The van der Waals surface area contributed by atoms with Crippen molar-refractivity contribution in [2.75, 3.05) is 6.61 Å². The predicted molar refractivity (Wildman–Crippen MR) is 42.3 cm³/mol. The van der Waals surface area contributed by atoms with E-state index in [1.807, 2.05) is 0 Å². The van der Waals surface area contributed by atoms with Crippen LogP contribution in [0.25, 0.3) is 0 Å². The van der Waals surface area contributed by atoms with Gasteiger partial charge in [-0.05, 0) is 0 Å². The Morgan fingerprint density at radius 1 is 1.36 bits per heavy atom. The van der Waals surface area contributed by atoms with Gasteiger partial charge in [0.25, 0.3) is 0 Å². The lowest BCUT2D eigenvalue weighted by molar-refractivity contribution is -0.215. The van der Waals surface area contributed by atoms with Gasteiger partial charge in [0.2, 0.25) is 0 Å². The molecule has 3 N–H and O–H groups in total. The molecule has 2 rings (SSSR count). The molecule has 2 aliphatic heterocycles. The molecule has 0 aliphatic carbocycles. The van der Waals surface area contributed by atoms with Crippen LogP contribution in [0, 0.1) is 0 Å². The molecular weight excluding hydrogens is 192 g/mol. The van der Waals surface area contributed by atoms with Crippen LogP contribution in [-0.4, -0.2) is 58.4 Å². The fourth-order valence-corrected chi connectivity index (χ4v) is 1.84. The third kappa shape index (κ3) is 1.40. The normalized spacial score (nSPS) is 47.4. The van der Waals surface area contributed by atoms with Crippen molar-refractivity contribution in [1.82, 2.24) is 0 Å². The fraction of sp³-hybridized carbons (Fsp3) is 0.875. The second kappa shape index (κ2) is 3.47. The Bertz CT molecular complexity index is 242. The predicted octanol–water partition coefficient (Wildman–Crippen LogP) is -2.22. The zero-order valence-electron chi connectivity index (χ0n) is 7.37. The molecule has 6 heteroatoms. The number of hydrogen-bond acceptors (Lipinski definition) is 6. The van der Waals surface area contributed by atoms with Gasteiger partial charge in [-0.15, -0.1) is 0 Å². The summed E-state index contributed by atoms with van der Waals surface area (Å²) in [6.07, 6.45) is -4.55. The van der Waals surface area contributed by atoms with Gasteiger partial charge in [-0.25, -0.2) is 0 Å². The molecule has 0 saturated carbocycles. The fourth-order valence-electron chi connectivity index (χ4n) is 1.84. The van der Waals surface area contributed by atoms with Gasteiger partial charge in [0.1, 0.15) is 24.4 Å². The van der Waals surface area contributed by atoms with Gasteiger partial charge in [-0.2, -0.15) is 0 Å². The summed E-state index contributed by atoms with van der Waals surface area (Å²) in [6.45, 7) is -0.393. The van der Waals surface area contributed by atoms with E-state index in [0.717, 1.165) is 0 Å². The molecule has 14 heavy (non-hydrogen) atoms. The first-order chi connectivity index (χ1) is 6.63. The molecule has 0 aromatic heterocycles. The minimum Gasteiger partial charge on any atom is -0.457 e. The molecule has 0 unspecified atom stereocenters. The Balaban J connectivity index is 2.13. The average molecular weight is 204 g/mol. The number of aliphatic hydroxyl groups excluding tert-OH is 3. The number of aliphatic hydroxyl groups is 3. The first-order valence-electron chi connectivity index (χ1n) is 4.45. The van der Waals surface area contributed by atoms with Crippen molar-refractivity contribution in [1.29, 1.82) is 0 Å². The monoisotopic (exact) mass is 204 g/mol. The minimum atomic E-state index is -1.22. The molecular formula is C8H12O6. The maximum absolute atomic E-state index is 10.9. The zero-order valence-corrected chi connectivity index (χ0v) is 7.37. The molecule has 0 aromatic rings. The summed E-state index contributed by atoms with van der Waals surface area (Å²) in [7, 11) is 0. The highest BCUT2D eigenvalue weighted by Crippen LogP contribution is 2.30. The number of esters is 1. The maximum atomic E-state index is 10.9. The smallest absolute Gasteiger partial charge is 0.309 e. The van der Waals surface area contributed by atoms with Crippen molar-refractivity contribution < 1.29 is 29.6 Å². The largest absolute Gasteiger partial charge is 0.457 e. The van der Waals surface area contributed by atoms with E-state index in [-0.39, 0.29) is 6.42 Å². The number of carbonyl (C=O) groups is 1. The molecule has 2 saturated heterocycles. The van der Waals surface area contributed by atoms with Gasteiger partial charge in [-0.1, -0.05) is 0 Å². The van der Waals surface area contributed by atoms with Crippen LogP contribution in [0.15, 0.2) is 0 Å². The molecule has 80 valence electrons. The Morgan fingerprint density at radius 2 is 2.07 bits per heavy atom. The number of hydrogen-bond donors (Lipinski definition) is 3. The van der Waals surface area contributed by atoms with Gasteiger partial charge in [0, 0.05) is 0 Å². The second-order valence-corrected chi connectivity index (χ2v) is 3.54. The number of carbonyl (C=O) groups excluding carboxylic acids is 1. The highest BCUT2D eigenvalue weighted by atomic mass is 16.6. The van der Waals surface area contributed by atoms with Crippen molar-refractivity contribution in [3.8, 4) is 0 Å². The topological polar surface area (TPSA) is 96.2 Å². The van der Waals surface area contributed by atoms with E-state index < -0.39 is 43.1 Å². The van der Waals surface area contributed by atoms with E-state index >= 15 is 0 Å². The molecule has 2 aliphatic rings. The lowest BCUT2D eigenvalue weighted by Crippen LogP contribution is -2.57. The highest BCUT2D eigenvalue weighted by molar-refractivity contribution is 5.72. The minimum absolute atomic E-state index is 0.0605. The summed E-state index contributed by atoms with van der Waals surface area (Å²) in [6, 6.07) is 0. The lowest BCUT2D eigenvalue weighted by Gasteiger charge is -2.37. The maximum Gasteiger partial charge on any atom is 0.309 e. The third-order valence-corrected chi connectivity index (χ3v) is 2.60. The molecule has 0 amide bonds. The first-order valence-corrected chi connectivity index (χ1v) is 4.45. The number of fused-ring (bicyclic) bond motifs is 1. The molecule has 0 bridgehead atoms. The van der Waals surface area contributed by atoms with E-state index in [9.17, 15) is 15.0 Å². The summed E-state index contributed by atoms with van der Waals surface area (Å²) in [5.41, 5.74) is 0. The quantitative estimate of drug-likeness (QED) is 0.419. The number of ether oxygens (including phenoxy) is 2. The second-order valence-electron chi connectivity index (χ2n) is 3.54. The molecule has 0 radical (unpaired) electrons. The average Bonchev–Trinajstić information content (AvgIpc) is 2.52. The van der Waals surface area contributed by atoms with Crippen molar-refractivity contribution >= 4 is 5.97 Å². The van der Waals surface area contributed by atoms with Crippen LogP contribution in [0.2, 0.25) is 0 Å². The van der Waals surface area contributed by atoms with Gasteiger partial charge >= 0.3 is 5.97 Å². The Morgan fingerprint density at radius 3 is 2.71 bits per heavy atom. The van der Waals surface area contributed by atoms with Gasteiger partial charge in [0.15, 0.2) is 6.10 Å². The van der Waals surface area contributed by atoms with Crippen LogP contribution in [0.4, 0.5) is 0 Å². The summed E-state index contributed by atoms with van der Waals surface area (Å²) < 4.78 is 9.99. The Hall–Kier alpha value is -0.690. The summed E-state index contributed by atoms with van der Waals surface area (Å²) in [5, 5.41) is 27.8. The van der Waals surface area contributed by atoms with Crippen LogP contribution in [0.5, 0.6) is 0 Å². The van der Waals surface area contributed by atoms with Crippen molar-refractivity contribution in [2.24, 2.45) is 0 Å². The van der Waals surface area contributed by atoms with Crippen molar-refractivity contribution in [3.63, 3.8) is 0 Å².